The monoisotopic (exact) mass is 399 g/mol. The predicted octanol–water partition coefficient (Wildman–Crippen LogP) is 5.10. The summed E-state index contributed by atoms with van der Waals surface area (Å²) >= 11 is 0. The largest absolute Gasteiger partial charge is 0.355 e. The quantitative estimate of drug-likeness (QED) is 0.663. The lowest BCUT2D eigenvalue weighted by Crippen LogP contribution is -2.59. The second-order valence-corrected chi connectivity index (χ2v) is 9.54. The molecule has 0 unspecified atom stereocenters. The van der Waals surface area contributed by atoms with Gasteiger partial charge in [-0.05, 0) is 79.5 Å². The maximum atomic E-state index is 13.0. The number of carbonyl (C=O) groups excluding carboxylic acids is 1. The van der Waals surface area contributed by atoms with Gasteiger partial charge in [-0.3, -0.25) is 9.78 Å². The molecule has 7 rings (SSSR count). The van der Waals surface area contributed by atoms with E-state index < -0.39 is 0 Å². The van der Waals surface area contributed by atoms with Gasteiger partial charge in [0.1, 0.15) is 0 Å². The van der Waals surface area contributed by atoms with Crippen LogP contribution in [0.15, 0.2) is 59.4 Å². The van der Waals surface area contributed by atoms with Crippen molar-refractivity contribution in [3.63, 3.8) is 0 Å². The number of aromatic nitrogens is 2. The third-order valence-electron chi connectivity index (χ3n) is 7.34. The molecule has 30 heavy (non-hydrogen) atoms. The summed E-state index contributed by atoms with van der Waals surface area (Å²) in [6.07, 6.45) is 11.0. The summed E-state index contributed by atoms with van der Waals surface area (Å²) in [5.74, 6) is 2.90. The van der Waals surface area contributed by atoms with E-state index in [0.29, 0.717) is 11.5 Å². The first kappa shape index (κ1) is 17.9. The average Bonchev–Trinajstić information content (AvgIpc) is 3.24. The smallest absolute Gasteiger partial charge is 0.273 e. The van der Waals surface area contributed by atoms with Crippen molar-refractivity contribution in [1.29, 1.82) is 0 Å². The van der Waals surface area contributed by atoms with Gasteiger partial charge in [0.25, 0.3) is 5.91 Å². The van der Waals surface area contributed by atoms with Crippen LogP contribution in [0.1, 0.15) is 49.0 Å². The van der Waals surface area contributed by atoms with Crippen molar-refractivity contribution in [3.8, 4) is 22.5 Å². The Bertz CT molecular complexity index is 1040. The van der Waals surface area contributed by atoms with Gasteiger partial charge in [-0.2, -0.15) is 0 Å². The van der Waals surface area contributed by atoms with E-state index in [4.69, 9.17) is 4.52 Å². The average molecular weight is 399 g/mol. The van der Waals surface area contributed by atoms with E-state index in [1.807, 2.05) is 36.4 Å². The molecule has 4 aliphatic carbocycles. The molecule has 1 aromatic carbocycles. The molecule has 0 saturated heterocycles. The second-order valence-electron chi connectivity index (χ2n) is 9.54. The van der Waals surface area contributed by atoms with E-state index in [1.54, 1.807) is 18.5 Å². The first-order valence-electron chi connectivity index (χ1n) is 11.0. The first-order chi connectivity index (χ1) is 14.7. The summed E-state index contributed by atoms with van der Waals surface area (Å²) in [6, 6.07) is 13.8. The summed E-state index contributed by atoms with van der Waals surface area (Å²) in [4.78, 5) is 17.0. The highest BCUT2D eigenvalue weighted by atomic mass is 16.5. The number of hydrogen-bond donors (Lipinski definition) is 1. The van der Waals surface area contributed by atoms with E-state index in [0.717, 1.165) is 53.7 Å². The molecule has 152 valence electrons. The van der Waals surface area contributed by atoms with E-state index in [2.05, 4.69) is 15.5 Å². The highest BCUT2D eigenvalue weighted by Gasteiger charge is 2.51. The zero-order valence-electron chi connectivity index (χ0n) is 16.9. The van der Waals surface area contributed by atoms with Crippen molar-refractivity contribution in [3.05, 3.63) is 60.6 Å². The number of benzene rings is 1. The Morgan fingerprint density at radius 3 is 2.07 bits per heavy atom. The van der Waals surface area contributed by atoms with E-state index >= 15 is 0 Å². The Hall–Kier alpha value is -2.95. The number of amides is 1. The summed E-state index contributed by atoms with van der Waals surface area (Å²) in [7, 11) is 0. The van der Waals surface area contributed by atoms with Crippen LogP contribution in [0.25, 0.3) is 22.5 Å². The summed E-state index contributed by atoms with van der Waals surface area (Å²) in [5.41, 5.74) is 3.50. The van der Waals surface area contributed by atoms with Crippen molar-refractivity contribution < 1.29 is 9.32 Å². The third-order valence-corrected chi connectivity index (χ3v) is 7.34. The van der Waals surface area contributed by atoms with Crippen molar-refractivity contribution in [2.75, 3.05) is 0 Å². The molecule has 5 heteroatoms. The summed E-state index contributed by atoms with van der Waals surface area (Å²) in [6.45, 7) is 0. The number of hydrogen-bond acceptors (Lipinski definition) is 4. The van der Waals surface area contributed by atoms with Crippen LogP contribution >= 0.6 is 0 Å². The minimum Gasteiger partial charge on any atom is -0.355 e. The molecule has 5 nitrogen and oxygen atoms in total. The molecule has 1 N–H and O–H groups in total. The zero-order valence-corrected chi connectivity index (χ0v) is 16.9. The van der Waals surface area contributed by atoms with Gasteiger partial charge < -0.3 is 9.84 Å². The molecule has 1 amide bonds. The minimum absolute atomic E-state index is 0.0167. The van der Waals surface area contributed by atoms with Gasteiger partial charge in [-0.25, -0.2) is 0 Å². The Kier molecular flexibility index (Phi) is 4.05. The van der Waals surface area contributed by atoms with Crippen molar-refractivity contribution in [2.24, 2.45) is 17.8 Å². The van der Waals surface area contributed by atoms with Crippen molar-refractivity contribution in [2.45, 2.75) is 44.1 Å². The summed E-state index contributed by atoms with van der Waals surface area (Å²) in [5, 5.41) is 7.44. The SMILES string of the molecule is O=C(NC12CC3CC(CC(C3)C1)C2)c1cc(-c2ccc(-c3ccncc3)cc2)on1. The van der Waals surface area contributed by atoms with E-state index in [1.165, 1.54) is 19.3 Å². The Morgan fingerprint density at radius 1 is 0.867 bits per heavy atom. The lowest BCUT2D eigenvalue weighted by molar-refractivity contribution is -0.0168. The van der Waals surface area contributed by atoms with Crippen LogP contribution in [0.4, 0.5) is 0 Å². The molecular formula is C25H25N3O2. The van der Waals surface area contributed by atoms with Crippen LogP contribution in [-0.4, -0.2) is 21.6 Å². The third kappa shape index (κ3) is 3.13. The molecule has 3 aromatic rings. The highest BCUT2D eigenvalue weighted by Crippen LogP contribution is 2.55. The van der Waals surface area contributed by atoms with Crippen LogP contribution in [-0.2, 0) is 0 Å². The predicted molar refractivity (Wildman–Crippen MR) is 114 cm³/mol. The first-order valence-corrected chi connectivity index (χ1v) is 11.0. The van der Waals surface area contributed by atoms with Crippen molar-refractivity contribution >= 4 is 5.91 Å². The van der Waals surface area contributed by atoms with Gasteiger partial charge in [0, 0.05) is 29.6 Å². The van der Waals surface area contributed by atoms with Gasteiger partial charge in [0.15, 0.2) is 11.5 Å². The molecule has 4 fully saturated rings. The lowest BCUT2D eigenvalue weighted by Gasteiger charge is -2.56. The molecule has 2 heterocycles. The Labute approximate surface area is 175 Å². The van der Waals surface area contributed by atoms with Crippen molar-refractivity contribution in [1.82, 2.24) is 15.5 Å². The highest BCUT2D eigenvalue weighted by molar-refractivity contribution is 5.93. The lowest BCUT2D eigenvalue weighted by atomic mass is 9.53. The van der Waals surface area contributed by atoms with Gasteiger partial charge in [-0.15, -0.1) is 0 Å². The molecular weight excluding hydrogens is 374 g/mol. The molecule has 4 bridgehead atoms. The number of nitrogens with zero attached hydrogens (tertiary/aromatic N) is 2. The van der Waals surface area contributed by atoms with E-state index in [-0.39, 0.29) is 11.4 Å². The van der Waals surface area contributed by atoms with Crippen LogP contribution in [0.2, 0.25) is 0 Å². The fourth-order valence-electron chi connectivity index (χ4n) is 6.46. The molecule has 0 aliphatic heterocycles. The number of nitrogens with one attached hydrogen (secondary N) is 1. The van der Waals surface area contributed by atoms with Crippen LogP contribution < -0.4 is 5.32 Å². The Balaban J connectivity index is 1.18. The second kappa shape index (κ2) is 6.79. The topological polar surface area (TPSA) is 68.0 Å². The number of rotatable bonds is 4. The van der Waals surface area contributed by atoms with Gasteiger partial charge in [0.2, 0.25) is 0 Å². The number of pyridine rings is 1. The fourth-order valence-corrected chi connectivity index (χ4v) is 6.46. The molecule has 0 radical (unpaired) electrons. The molecule has 0 atom stereocenters. The Morgan fingerprint density at radius 2 is 1.43 bits per heavy atom. The summed E-state index contributed by atoms with van der Waals surface area (Å²) < 4.78 is 5.52. The maximum Gasteiger partial charge on any atom is 0.273 e. The molecule has 4 saturated carbocycles. The van der Waals surface area contributed by atoms with Crippen LogP contribution in [0.5, 0.6) is 0 Å². The van der Waals surface area contributed by atoms with Gasteiger partial charge in [0.05, 0.1) is 0 Å². The van der Waals surface area contributed by atoms with Crippen LogP contribution in [0.3, 0.4) is 0 Å². The number of carbonyl (C=O) groups is 1. The van der Waals surface area contributed by atoms with Crippen LogP contribution in [0, 0.1) is 17.8 Å². The minimum atomic E-state index is -0.0969. The molecule has 4 aliphatic rings. The van der Waals surface area contributed by atoms with Gasteiger partial charge >= 0.3 is 0 Å². The zero-order chi connectivity index (χ0) is 20.1. The normalized spacial score (nSPS) is 29.1. The van der Waals surface area contributed by atoms with E-state index in [9.17, 15) is 4.79 Å². The maximum absolute atomic E-state index is 13.0. The molecule has 0 spiro atoms. The standard InChI is InChI=1S/C25H25N3O2/c29-24(27-25-13-16-9-17(14-25)11-18(10-16)15-25)22-12-23(30-28-22)21-3-1-19(2-4-21)20-5-7-26-8-6-20/h1-8,12,16-18H,9-11,13-15H2,(H,27,29). The molecule has 2 aromatic heterocycles. The fraction of sp³-hybridized carbons (Fsp3) is 0.400. The van der Waals surface area contributed by atoms with Gasteiger partial charge in [-0.1, -0.05) is 29.4 Å².